The van der Waals surface area contributed by atoms with Crippen molar-refractivity contribution in [3.63, 3.8) is 0 Å². The highest BCUT2D eigenvalue weighted by molar-refractivity contribution is 7.92. The van der Waals surface area contributed by atoms with Crippen LogP contribution >= 0.6 is 35.2 Å². The van der Waals surface area contributed by atoms with Crippen LogP contribution in [0.1, 0.15) is 9.67 Å². The number of nitrogens with zero attached hydrogens (tertiary/aromatic N) is 1. The quantitative estimate of drug-likeness (QED) is 0.310. The summed E-state index contributed by atoms with van der Waals surface area (Å²) in [5, 5.41) is 6.64. The van der Waals surface area contributed by atoms with E-state index in [9.17, 15) is 13.2 Å². The van der Waals surface area contributed by atoms with E-state index in [2.05, 4.69) is 10.6 Å². The van der Waals surface area contributed by atoms with E-state index in [1.807, 2.05) is 12.1 Å². The van der Waals surface area contributed by atoms with Gasteiger partial charge in [0.15, 0.2) is 5.11 Å². The van der Waals surface area contributed by atoms with Gasteiger partial charge >= 0.3 is 0 Å². The third kappa shape index (κ3) is 5.25. The summed E-state index contributed by atoms with van der Waals surface area (Å²) in [5.41, 5.74) is 1.07. The van der Waals surface area contributed by atoms with Crippen LogP contribution in [0.3, 0.4) is 0 Å². The number of thiophene rings is 1. The predicted octanol–water partition coefficient (Wildman–Crippen LogP) is 5.52. The van der Waals surface area contributed by atoms with E-state index in [1.54, 1.807) is 55.6 Å². The third-order valence-electron chi connectivity index (χ3n) is 5.16. The lowest BCUT2D eigenvalue weighted by molar-refractivity contribution is 0.0982. The average Bonchev–Trinajstić information content (AvgIpc) is 3.20. The van der Waals surface area contributed by atoms with Gasteiger partial charge in [-0.15, -0.1) is 11.3 Å². The summed E-state index contributed by atoms with van der Waals surface area (Å²) in [4.78, 5) is 13.2. The zero-order valence-corrected chi connectivity index (χ0v) is 21.8. The van der Waals surface area contributed by atoms with Gasteiger partial charge in [0, 0.05) is 22.8 Å². The number of carbonyl (C=O) groups is 1. The summed E-state index contributed by atoms with van der Waals surface area (Å²) in [7, 11) is -0.670. The molecule has 0 saturated heterocycles. The van der Waals surface area contributed by atoms with E-state index >= 15 is 0 Å². The Labute approximate surface area is 217 Å². The summed E-state index contributed by atoms with van der Waals surface area (Å²) in [6, 6.07) is 20.3. The first-order valence-corrected chi connectivity index (χ1v) is 13.3. The van der Waals surface area contributed by atoms with Crippen LogP contribution in [0.25, 0.3) is 10.1 Å². The molecule has 180 valence electrons. The number of nitrogens with one attached hydrogen (secondary N) is 2. The largest absolute Gasteiger partial charge is 0.497 e. The maximum atomic E-state index is 12.9. The number of sulfonamides is 1. The van der Waals surface area contributed by atoms with E-state index in [1.165, 1.54) is 34.8 Å². The lowest BCUT2D eigenvalue weighted by Crippen LogP contribution is -2.33. The number of ether oxygens (including phenoxy) is 1. The number of thiocarbonyl (C=S) groups is 1. The van der Waals surface area contributed by atoms with Crippen molar-refractivity contribution in [2.24, 2.45) is 0 Å². The van der Waals surface area contributed by atoms with Gasteiger partial charge in [-0.2, -0.15) is 0 Å². The van der Waals surface area contributed by atoms with Crippen molar-refractivity contribution in [3.05, 3.63) is 82.7 Å². The Bertz CT molecular complexity index is 1500. The van der Waals surface area contributed by atoms with Gasteiger partial charge in [0.05, 0.1) is 22.7 Å². The standard InChI is InChI=1S/C24H20ClN3O4S3/c1-28(16-6-4-3-5-7-16)35(30,31)18-11-8-15(9-12-18)26-24(33)27-23(29)22-21(25)19-13-10-17(32-2)14-20(19)34-22/h3-14H,1-2H3,(H2,26,27,29,33). The highest BCUT2D eigenvalue weighted by atomic mass is 35.5. The third-order valence-corrected chi connectivity index (χ3v) is 8.82. The smallest absolute Gasteiger partial charge is 0.269 e. The molecule has 0 spiro atoms. The Morgan fingerprint density at radius 3 is 2.40 bits per heavy atom. The molecular formula is C24H20ClN3O4S3. The number of anilines is 2. The molecule has 0 unspecified atom stereocenters. The molecule has 0 aliphatic carbocycles. The summed E-state index contributed by atoms with van der Waals surface area (Å²) in [5.74, 6) is 0.219. The fourth-order valence-electron chi connectivity index (χ4n) is 3.29. The van der Waals surface area contributed by atoms with Crippen molar-refractivity contribution in [1.82, 2.24) is 5.32 Å². The Kier molecular flexibility index (Phi) is 7.27. The van der Waals surface area contributed by atoms with Gasteiger partial charge < -0.3 is 10.1 Å². The number of hydrogen-bond acceptors (Lipinski definition) is 6. The highest BCUT2D eigenvalue weighted by Gasteiger charge is 2.21. The number of para-hydroxylation sites is 1. The molecular weight excluding hydrogens is 526 g/mol. The van der Waals surface area contributed by atoms with Crippen LogP contribution < -0.4 is 19.7 Å². The lowest BCUT2D eigenvalue weighted by Gasteiger charge is -2.19. The fourth-order valence-corrected chi connectivity index (χ4v) is 6.13. The van der Waals surface area contributed by atoms with Crippen molar-refractivity contribution < 1.29 is 17.9 Å². The second kappa shape index (κ2) is 10.2. The fraction of sp³-hybridized carbons (Fsp3) is 0.0833. The first kappa shape index (κ1) is 24.9. The predicted molar refractivity (Wildman–Crippen MR) is 146 cm³/mol. The minimum absolute atomic E-state index is 0.0538. The van der Waals surface area contributed by atoms with E-state index in [4.69, 9.17) is 28.6 Å². The average molecular weight is 546 g/mol. The molecule has 4 aromatic rings. The molecule has 0 fully saturated rings. The molecule has 0 aliphatic rings. The minimum atomic E-state index is -3.73. The monoisotopic (exact) mass is 545 g/mol. The van der Waals surface area contributed by atoms with E-state index in [0.717, 1.165) is 10.1 Å². The molecule has 2 N–H and O–H groups in total. The zero-order valence-electron chi connectivity index (χ0n) is 18.6. The molecule has 4 rings (SSSR count). The molecule has 7 nitrogen and oxygen atoms in total. The minimum Gasteiger partial charge on any atom is -0.497 e. The normalized spacial score (nSPS) is 11.2. The molecule has 1 heterocycles. The molecule has 0 saturated carbocycles. The highest BCUT2D eigenvalue weighted by Crippen LogP contribution is 2.37. The van der Waals surface area contributed by atoms with E-state index in [-0.39, 0.29) is 10.0 Å². The number of benzene rings is 3. The summed E-state index contributed by atoms with van der Waals surface area (Å²) < 4.78 is 33.1. The van der Waals surface area contributed by atoms with Crippen molar-refractivity contribution in [1.29, 1.82) is 0 Å². The molecule has 0 radical (unpaired) electrons. The van der Waals surface area contributed by atoms with Gasteiger partial charge in [0.25, 0.3) is 15.9 Å². The number of amides is 1. The van der Waals surface area contributed by atoms with Gasteiger partial charge in [-0.3, -0.25) is 14.4 Å². The van der Waals surface area contributed by atoms with Crippen LogP contribution in [0.4, 0.5) is 11.4 Å². The van der Waals surface area contributed by atoms with Gasteiger partial charge in [-0.05, 0) is 66.8 Å². The van der Waals surface area contributed by atoms with Crippen LogP contribution in [0.2, 0.25) is 5.02 Å². The Hall–Kier alpha value is -3.18. The van der Waals surface area contributed by atoms with Crippen LogP contribution in [0, 0.1) is 0 Å². The number of carbonyl (C=O) groups excluding carboxylic acids is 1. The molecule has 1 aromatic heterocycles. The number of methoxy groups -OCH3 is 1. The van der Waals surface area contributed by atoms with Gasteiger partial charge in [0.1, 0.15) is 10.6 Å². The molecule has 35 heavy (non-hydrogen) atoms. The number of halogens is 1. The number of rotatable bonds is 6. The van der Waals surface area contributed by atoms with Crippen LogP contribution in [0.5, 0.6) is 5.75 Å². The Balaban J connectivity index is 1.44. The van der Waals surface area contributed by atoms with Crippen molar-refractivity contribution in [2.75, 3.05) is 23.8 Å². The molecule has 3 aromatic carbocycles. The molecule has 0 bridgehead atoms. The summed E-state index contributed by atoms with van der Waals surface area (Å²) >= 11 is 12.9. The maximum absolute atomic E-state index is 12.9. The molecule has 11 heteroatoms. The van der Waals surface area contributed by atoms with Gasteiger partial charge in [-0.25, -0.2) is 8.42 Å². The van der Waals surface area contributed by atoms with Crippen LogP contribution in [-0.2, 0) is 10.0 Å². The van der Waals surface area contributed by atoms with Crippen LogP contribution in [0.15, 0.2) is 77.7 Å². The topological polar surface area (TPSA) is 87.7 Å². The van der Waals surface area contributed by atoms with Crippen LogP contribution in [-0.4, -0.2) is 33.6 Å². The summed E-state index contributed by atoms with van der Waals surface area (Å²) in [6.07, 6.45) is 0. The second-order valence-corrected chi connectivity index (χ2v) is 11.2. The SMILES string of the molecule is COc1ccc2c(Cl)c(C(=O)NC(=S)Nc3ccc(S(=O)(=O)N(C)c4ccccc4)cc3)sc2c1. The molecule has 1 amide bonds. The maximum Gasteiger partial charge on any atom is 0.269 e. The molecule has 0 atom stereocenters. The van der Waals surface area contributed by atoms with E-state index in [0.29, 0.717) is 27.0 Å². The Morgan fingerprint density at radius 2 is 1.74 bits per heavy atom. The van der Waals surface area contributed by atoms with Gasteiger partial charge in [-0.1, -0.05) is 29.8 Å². The zero-order chi connectivity index (χ0) is 25.2. The van der Waals surface area contributed by atoms with E-state index < -0.39 is 15.9 Å². The first-order valence-electron chi connectivity index (χ1n) is 10.2. The Morgan fingerprint density at radius 1 is 1.06 bits per heavy atom. The summed E-state index contributed by atoms with van der Waals surface area (Å²) in [6.45, 7) is 0. The van der Waals surface area contributed by atoms with Crippen molar-refractivity contribution in [3.8, 4) is 5.75 Å². The lowest BCUT2D eigenvalue weighted by atomic mass is 10.2. The first-order chi connectivity index (χ1) is 16.7. The van der Waals surface area contributed by atoms with Crippen molar-refractivity contribution in [2.45, 2.75) is 4.90 Å². The molecule has 0 aliphatic heterocycles. The number of fused-ring (bicyclic) bond motifs is 1. The van der Waals surface area contributed by atoms with Gasteiger partial charge in [0.2, 0.25) is 0 Å². The number of hydrogen-bond donors (Lipinski definition) is 2. The second-order valence-electron chi connectivity index (χ2n) is 7.35. The van der Waals surface area contributed by atoms with Crippen molar-refractivity contribution >= 4 is 77.7 Å².